The minimum absolute atomic E-state index is 0.0719. The van der Waals surface area contributed by atoms with Crippen molar-refractivity contribution in [2.24, 2.45) is 0 Å². The highest BCUT2D eigenvalue weighted by atomic mass is 32.1. The Kier molecular flexibility index (Phi) is 9.06. The van der Waals surface area contributed by atoms with E-state index < -0.39 is 14.2 Å². The molecule has 2 heterocycles. The monoisotopic (exact) mass is 571 g/mol. The van der Waals surface area contributed by atoms with E-state index in [-0.39, 0.29) is 25.0 Å². The van der Waals surface area contributed by atoms with Gasteiger partial charge in [0.1, 0.15) is 24.5 Å². The van der Waals surface area contributed by atoms with Gasteiger partial charge in [-0.3, -0.25) is 4.79 Å². The molecule has 1 unspecified atom stereocenters. The molecule has 2 aromatic carbocycles. The molecule has 0 fully saturated rings. The van der Waals surface area contributed by atoms with Crippen molar-refractivity contribution in [3.63, 3.8) is 0 Å². The van der Waals surface area contributed by atoms with Gasteiger partial charge in [0.25, 0.3) is 5.91 Å². The van der Waals surface area contributed by atoms with Crippen LogP contribution in [0.4, 0.5) is 4.39 Å². The molecule has 2 N–H and O–H groups in total. The zero-order valence-corrected chi connectivity index (χ0v) is 24.6. The van der Waals surface area contributed by atoms with E-state index in [4.69, 9.17) is 19.2 Å². The summed E-state index contributed by atoms with van der Waals surface area (Å²) in [5.74, 6) is 0.635. The van der Waals surface area contributed by atoms with E-state index in [1.807, 2.05) is 11.4 Å². The van der Waals surface area contributed by atoms with Crippen molar-refractivity contribution in [2.75, 3.05) is 27.4 Å². The number of aromatic nitrogens is 2. The molecule has 0 bridgehead atoms. The van der Waals surface area contributed by atoms with E-state index in [2.05, 4.69) is 25.0 Å². The summed E-state index contributed by atoms with van der Waals surface area (Å²) in [7, 11) is 1.75. The number of hydrogen-bond acceptors (Lipinski definition) is 7. The molecule has 4 aromatic rings. The number of fused-ring (bicyclic) bond motifs is 1. The summed E-state index contributed by atoms with van der Waals surface area (Å²) < 4.78 is 33.1. The molecule has 0 saturated heterocycles. The van der Waals surface area contributed by atoms with Crippen molar-refractivity contribution < 1.29 is 28.5 Å². The molecule has 0 saturated carbocycles. The fourth-order valence-corrected chi connectivity index (χ4v) is 5.78. The van der Waals surface area contributed by atoms with Crippen molar-refractivity contribution in [1.29, 1.82) is 0 Å². The van der Waals surface area contributed by atoms with Crippen molar-refractivity contribution in [1.82, 2.24) is 14.9 Å². The molecule has 1 atom stereocenters. The standard InChI is InChI=1S/C28H34FN3O5SSi/c1-35-24-10-9-18(13-25(24)36-2)28(34)30-14-23(33)27-31-22(15-32(27)17-37-11-12-39(3,4)5)20-16-38-26-19(20)7-6-8-21(26)29/h6-10,13,15-16,23,33H,11-12,14,17H2,1-5H3,(H,30,34). The number of benzene rings is 2. The second-order valence-electron chi connectivity index (χ2n) is 10.4. The molecule has 0 spiro atoms. The zero-order valence-electron chi connectivity index (χ0n) is 22.8. The number of amides is 1. The third-order valence-electron chi connectivity index (χ3n) is 6.26. The molecule has 39 heavy (non-hydrogen) atoms. The van der Waals surface area contributed by atoms with Crippen LogP contribution in [0, 0.1) is 5.82 Å². The smallest absolute Gasteiger partial charge is 0.251 e. The number of nitrogens with zero attached hydrogens (tertiary/aromatic N) is 2. The average molecular weight is 572 g/mol. The normalized spacial score (nSPS) is 12.5. The summed E-state index contributed by atoms with van der Waals surface area (Å²) in [4.78, 5) is 17.5. The number of thiophene rings is 1. The van der Waals surface area contributed by atoms with Gasteiger partial charge >= 0.3 is 0 Å². The molecular weight excluding hydrogens is 537 g/mol. The number of hydrogen-bond donors (Lipinski definition) is 2. The van der Waals surface area contributed by atoms with Gasteiger partial charge in [-0.2, -0.15) is 0 Å². The van der Waals surface area contributed by atoms with Gasteiger partial charge < -0.3 is 29.2 Å². The van der Waals surface area contributed by atoms with E-state index in [1.54, 1.807) is 35.0 Å². The molecule has 0 radical (unpaired) electrons. The number of methoxy groups -OCH3 is 2. The SMILES string of the molecule is COc1ccc(C(=O)NCC(O)c2nc(-c3csc4c(F)cccc34)cn2COCC[Si](C)(C)C)cc1OC. The Balaban J connectivity index is 1.55. The molecule has 8 nitrogen and oxygen atoms in total. The third kappa shape index (κ3) is 6.85. The predicted molar refractivity (Wildman–Crippen MR) is 154 cm³/mol. The number of halogens is 1. The van der Waals surface area contributed by atoms with Gasteiger partial charge in [-0.15, -0.1) is 11.3 Å². The Bertz CT molecular complexity index is 1450. The van der Waals surface area contributed by atoms with Crippen molar-refractivity contribution in [3.05, 3.63) is 65.2 Å². The van der Waals surface area contributed by atoms with E-state index in [9.17, 15) is 14.3 Å². The topological polar surface area (TPSA) is 94.8 Å². The highest BCUT2D eigenvalue weighted by Crippen LogP contribution is 2.35. The first-order valence-corrected chi connectivity index (χ1v) is 17.2. The summed E-state index contributed by atoms with van der Waals surface area (Å²) in [6.45, 7) is 7.57. The van der Waals surface area contributed by atoms with E-state index in [0.717, 1.165) is 17.0 Å². The molecule has 11 heteroatoms. The van der Waals surface area contributed by atoms with Crippen LogP contribution in [0.3, 0.4) is 0 Å². The van der Waals surface area contributed by atoms with Crippen LogP contribution in [0.1, 0.15) is 22.3 Å². The quantitative estimate of drug-likeness (QED) is 0.167. The third-order valence-corrected chi connectivity index (χ3v) is 8.97. The number of carbonyl (C=O) groups excluding carboxylic acids is 1. The van der Waals surface area contributed by atoms with Crippen LogP contribution < -0.4 is 14.8 Å². The fraction of sp³-hybridized carbons (Fsp3) is 0.357. The van der Waals surface area contributed by atoms with Gasteiger partial charge in [-0.25, -0.2) is 9.37 Å². The largest absolute Gasteiger partial charge is 0.493 e. The maximum atomic E-state index is 14.3. The molecule has 0 aliphatic heterocycles. The summed E-state index contributed by atoms with van der Waals surface area (Å²) >= 11 is 1.31. The molecule has 0 aliphatic carbocycles. The molecule has 2 aromatic heterocycles. The second kappa shape index (κ2) is 12.3. The molecular formula is C28H34FN3O5SSi. The van der Waals surface area contributed by atoms with Crippen LogP contribution in [0.15, 0.2) is 48.0 Å². The lowest BCUT2D eigenvalue weighted by Gasteiger charge is -2.17. The second-order valence-corrected chi connectivity index (χ2v) is 16.9. The van der Waals surface area contributed by atoms with Crippen molar-refractivity contribution in [2.45, 2.75) is 38.5 Å². The van der Waals surface area contributed by atoms with Crippen LogP contribution >= 0.6 is 11.3 Å². The van der Waals surface area contributed by atoms with Gasteiger partial charge in [-0.1, -0.05) is 31.8 Å². The maximum absolute atomic E-state index is 14.3. The highest BCUT2D eigenvalue weighted by Gasteiger charge is 2.21. The highest BCUT2D eigenvalue weighted by molar-refractivity contribution is 7.17. The minimum atomic E-state index is -1.27. The Morgan fingerprint density at radius 2 is 1.95 bits per heavy atom. The first-order chi connectivity index (χ1) is 18.6. The summed E-state index contributed by atoms with van der Waals surface area (Å²) in [6, 6.07) is 10.8. The van der Waals surface area contributed by atoms with Gasteiger partial charge in [0.05, 0.1) is 31.2 Å². The van der Waals surface area contributed by atoms with Crippen LogP contribution in [0.5, 0.6) is 11.5 Å². The first-order valence-electron chi connectivity index (χ1n) is 12.6. The van der Waals surface area contributed by atoms with Crippen molar-refractivity contribution >= 4 is 35.4 Å². The van der Waals surface area contributed by atoms with Gasteiger partial charge in [0.15, 0.2) is 11.5 Å². The average Bonchev–Trinajstić information content (AvgIpc) is 3.53. The first kappa shape index (κ1) is 28.7. The lowest BCUT2D eigenvalue weighted by molar-refractivity contribution is 0.0732. The number of imidazole rings is 1. The van der Waals surface area contributed by atoms with Crippen LogP contribution in [-0.2, 0) is 11.5 Å². The van der Waals surface area contributed by atoms with Crippen LogP contribution in [-0.4, -0.2) is 56.0 Å². The zero-order chi connectivity index (χ0) is 28.2. The number of aliphatic hydroxyl groups is 1. The number of nitrogens with one attached hydrogen (secondary N) is 1. The molecule has 1 amide bonds. The number of aliphatic hydroxyl groups excluding tert-OH is 1. The Hall–Kier alpha value is -3.25. The summed E-state index contributed by atoms with van der Waals surface area (Å²) in [6.07, 6.45) is 0.695. The molecule has 4 rings (SSSR count). The van der Waals surface area contributed by atoms with E-state index in [0.29, 0.717) is 39.9 Å². The number of rotatable bonds is 12. The predicted octanol–water partition coefficient (Wildman–Crippen LogP) is 5.70. The number of ether oxygens (including phenoxy) is 3. The number of carbonyl (C=O) groups is 1. The summed E-state index contributed by atoms with van der Waals surface area (Å²) in [5.41, 5.74) is 1.74. The maximum Gasteiger partial charge on any atom is 0.251 e. The van der Waals surface area contributed by atoms with Crippen molar-refractivity contribution in [3.8, 4) is 22.8 Å². The van der Waals surface area contributed by atoms with Crippen LogP contribution in [0.2, 0.25) is 25.7 Å². The lowest BCUT2D eigenvalue weighted by Crippen LogP contribution is -2.29. The minimum Gasteiger partial charge on any atom is -0.493 e. The van der Waals surface area contributed by atoms with Gasteiger partial charge in [0, 0.05) is 42.8 Å². The van der Waals surface area contributed by atoms with E-state index >= 15 is 0 Å². The van der Waals surface area contributed by atoms with E-state index in [1.165, 1.54) is 31.6 Å². The Labute approximate surface area is 232 Å². The molecule has 0 aliphatic rings. The summed E-state index contributed by atoms with van der Waals surface area (Å²) in [5, 5.41) is 16.5. The van der Waals surface area contributed by atoms with Gasteiger partial charge in [-0.05, 0) is 30.3 Å². The Morgan fingerprint density at radius 1 is 1.18 bits per heavy atom. The van der Waals surface area contributed by atoms with Crippen LogP contribution in [0.25, 0.3) is 21.3 Å². The fourth-order valence-electron chi connectivity index (χ4n) is 4.05. The lowest BCUT2D eigenvalue weighted by atomic mass is 10.1. The van der Waals surface area contributed by atoms with Gasteiger partial charge in [0.2, 0.25) is 0 Å². The Morgan fingerprint density at radius 3 is 2.67 bits per heavy atom. The molecule has 208 valence electrons.